The number of carbonyl (C=O) groups excluding carboxylic acids is 1. The van der Waals surface area contributed by atoms with Gasteiger partial charge in [0, 0.05) is 18.5 Å². The third-order valence-corrected chi connectivity index (χ3v) is 5.27. The average molecular weight is 380 g/mol. The molecule has 1 saturated heterocycles. The number of hydrogen-bond donors (Lipinski definition) is 0. The van der Waals surface area contributed by atoms with Gasteiger partial charge in [-0.15, -0.1) is 0 Å². The van der Waals surface area contributed by atoms with Crippen LogP contribution in [0.25, 0.3) is 10.9 Å². The first-order valence-electron chi connectivity index (χ1n) is 9.76. The maximum atomic E-state index is 13.2. The lowest BCUT2D eigenvalue weighted by Gasteiger charge is -2.33. The largest absolute Gasteiger partial charge is 0.337 e. The van der Waals surface area contributed by atoms with Gasteiger partial charge in [-0.05, 0) is 36.8 Å². The van der Waals surface area contributed by atoms with Gasteiger partial charge in [-0.3, -0.25) is 14.2 Å². The van der Waals surface area contributed by atoms with Gasteiger partial charge in [-0.1, -0.05) is 37.2 Å². The van der Waals surface area contributed by atoms with Gasteiger partial charge in [-0.2, -0.15) is 4.98 Å². The molecule has 0 aliphatic carbocycles. The van der Waals surface area contributed by atoms with Crippen molar-refractivity contribution >= 4 is 16.8 Å². The highest BCUT2D eigenvalue weighted by Gasteiger charge is 2.32. The molecule has 7 heteroatoms. The summed E-state index contributed by atoms with van der Waals surface area (Å²) in [6.45, 7) is 4.64. The van der Waals surface area contributed by atoms with E-state index in [0.29, 0.717) is 18.3 Å². The highest BCUT2D eigenvalue weighted by molar-refractivity contribution is 5.82. The van der Waals surface area contributed by atoms with Gasteiger partial charge in [0.1, 0.15) is 12.6 Å². The Hall–Kier alpha value is -2.96. The maximum absolute atomic E-state index is 13.2. The zero-order chi connectivity index (χ0) is 19.7. The number of nitrogens with zero attached hydrogens (tertiary/aromatic N) is 4. The SMILES string of the molecule is CC(C)c1noc([C@@H]2CCCCN2C(=O)Cn2c(=O)ccc3ccccc32)n1. The Balaban J connectivity index is 1.63. The summed E-state index contributed by atoms with van der Waals surface area (Å²) in [4.78, 5) is 31.9. The van der Waals surface area contributed by atoms with Crippen LogP contribution in [0.3, 0.4) is 0 Å². The summed E-state index contributed by atoms with van der Waals surface area (Å²) >= 11 is 0. The van der Waals surface area contributed by atoms with Gasteiger partial charge in [0.2, 0.25) is 11.8 Å². The first-order chi connectivity index (χ1) is 13.5. The number of benzene rings is 1. The van der Waals surface area contributed by atoms with E-state index in [2.05, 4.69) is 10.1 Å². The van der Waals surface area contributed by atoms with Crippen molar-refractivity contribution in [3.05, 3.63) is 58.5 Å². The number of rotatable bonds is 4. The monoisotopic (exact) mass is 380 g/mol. The first-order valence-corrected chi connectivity index (χ1v) is 9.76. The molecule has 1 amide bonds. The second-order valence-electron chi connectivity index (χ2n) is 7.56. The van der Waals surface area contributed by atoms with Gasteiger partial charge in [0.25, 0.3) is 5.56 Å². The number of carbonyl (C=O) groups is 1. The van der Waals surface area contributed by atoms with Crippen LogP contribution in [-0.2, 0) is 11.3 Å². The number of para-hydroxylation sites is 1. The van der Waals surface area contributed by atoms with Crippen molar-refractivity contribution in [2.45, 2.75) is 51.6 Å². The molecular formula is C21H24N4O3. The molecule has 0 unspecified atom stereocenters. The number of piperidine rings is 1. The number of pyridine rings is 1. The fourth-order valence-corrected chi connectivity index (χ4v) is 3.74. The van der Waals surface area contributed by atoms with E-state index in [4.69, 9.17) is 4.52 Å². The van der Waals surface area contributed by atoms with E-state index < -0.39 is 0 Å². The zero-order valence-electron chi connectivity index (χ0n) is 16.2. The molecule has 1 aliphatic heterocycles. The minimum atomic E-state index is -0.230. The fourth-order valence-electron chi connectivity index (χ4n) is 3.74. The van der Waals surface area contributed by atoms with Crippen molar-refractivity contribution < 1.29 is 9.32 Å². The average Bonchev–Trinajstić information content (AvgIpc) is 3.20. The van der Waals surface area contributed by atoms with Crippen molar-refractivity contribution in [2.75, 3.05) is 6.54 Å². The predicted octanol–water partition coefficient (Wildman–Crippen LogP) is 3.26. The molecule has 1 aromatic carbocycles. The summed E-state index contributed by atoms with van der Waals surface area (Å²) in [7, 11) is 0. The smallest absolute Gasteiger partial charge is 0.251 e. The summed E-state index contributed by atoms with van der Waals surface area (Å²) in [6, 6.07) is 10.7. The lowest BCUT2D eigenvalue weighted by atomic mass is 10.0. The van der Waals surface area contributed by atoms with Crippen LogP contribution in [0.1, 0.15) is 56.8 Å². The standard InChI is InChI=1S/C21H24N4O3/c1-14(2)20-22-21(28-23-20)17-9-5-6-12-24(17)19(27)13-25-16-8-4-3-7-15(16)10-11-18(25)26/h3-4,7-8,10-11,14,17H,5-6,9,12-13H2,1-2H3/t17-/m0/s1. The van der Waals surface area contributed by atoms with Crippen LogP contribution >= 0.6 is 0 Å². The highest BCUT2D eigenvalue weighted by Crippen LogP contribution is 2.31. The minimum Gasteiger partial charge on any atom is -0.337 e. The van der Waals surface area contributed by atoms with E-state index in [-0.39, 0.29) is 30.0 Å². The Morgan fingerprint density at radius 1 is 1.21 bits per heavy atom. The lowest BCUT2D eigenvalue weighted by molar-refractivity contribution is -0.136. The normalized spacial score (nSPS) is 17.4. The zero-order valence-corrected chi connectivity index (χ0v) is 16.2. The van der Waals surface area contributed by atoms with Gasteiger partial charge in [0.05, 0.1) is 5.52 Å². The predicted molar refractivity (Wildman–Crippen MR) is 105 cm³/mol. The van der Waals surface area contributed by atoms with E-state index >= 15 is 0 Å². The molecule has 2 aromatic heterocycles. The molecule has 3 aromatic rings. The number of likely N-dealkylation sites (tertiary alicyclic amines) is 1. The van der Waals surface area contributed by atoms with Crippen LogP contribution in [0.2, 0.25) is 0 Å². The van der Waals surface area contributed by atoms with Gasteiger partial charge in [-0.25, -0.2) is 0 Å². The number of amides is 1. The molecular weight excluding hydrogens is 356 g/mol. The van der Waals surface area contributed by atoms with E-state index in [1.165, 1.54) is 10.6 Å². The molecule has 0 bridgehead atoms. The maximum Gasteiger partial charge on any atom is 0.251 e. The Morgan fingerprint density at radius 2 is 2.04 bits per heavy atom. The van der Waals surface area contributed by atoms with Crippen LogP contribution < -0.4 is 5.56 Å². The van der Waals surface area contributed by atoms with Crippen molar-refractivity contribution in [3.63, 3.8) is 0 Å². The summed E-state index contributed by atoms with van der Waals surface area (Å²) in [5.41, 5.74) is 0.581. The van der Waals surface area contributed by atoms with E-state index in [1.54, 1.807) is 11.0 Å². The molecule has 7 nitrogen and oxygen atoms in total. The van der Waals surface area contributed by atoms with E-state index in [0.717, 1.165) is 30.2 Å². The molecule has 28 heavy (non-hydrogen) atoms. The molecule has 0 radical (unpaired) electrons. The quantitative estimate of drug-likeness (QED) is 0.694. The van der Waals surface area contributed by atoms with Crippen LogP contribution in [0.15, 0.2) is 45.7 Å². The molecule has 1 atom stereocenters. The summed E-state index contributed by atoms with van der Waals surface area (Å²) < 4.78 is 7.00. The first kappa shape index (κ1) is 18.4. The van der Waals surface area contributed by atoms with Crippen molar-refractivity contribution in [1.82, 2.24) is 19.6 Å². The Morgan fingerprint density at radius 3 is 2.82 bits per heavy atom. The van der Waals surface area contributed by atoms with Gasteiger partial charge < -0.3 is 9.42 Å². The molecule has 0 spiro atoms. The van der Waals surface area contributed by atoms with Crippen LogP contribution in [-0.4, -0.2) is 32.1 Å². The number of hydrogen-bond acceptors (Lipinski definition) is 5. The molecule has 1 aliphatic rings. The molecule has 1 fully saturated rings. The lowest BCUT2D eigenvalue weighted by Crippen LogP contribution is -2.41. The molecule has 0 saturated carbocycles. The Bertz CT molecular complexity index is 1050. The highest BCUT2D eigenvalue weighted by atomic mass is 16.5. The van der Waals surface area contributed by atoms with Gasteiger partial charge in [0.15, 0.2) is 5.82 Å². The Labute approximate surface area is 163 Å². The number of aromatic nitrogens is 3. The summed E-state index contributed by atoms with van der Waals surface area (Å²) in [5, 5.41) is 4.98. The van der Waals surface area contributed by atoms with E-state index in [9.17, 15) is 9.59 Å². The summed E-state index contributed by atoms with van der Waals surface area (Å²) in [5.74, 6) is 1.20. The van der Waals surface area contributed by atoms with Crippen molar-refractivity contribution in [3.8, 4) is 0 Å². The topological polar surface area (TPSA) is 81.2 Å². The van der Waals surface area contributed by atoms with Crippen molar-refractivity contribution in [2.24, 2.45) is 0 Å². The molecule has 146 valence electrons. The molecule has 3 heterocycles. The van der Waals surface area contributed by atoms with Crippen LogP contribution in [0.4, 0.5) is 0 Å². The third-order valence-electron chi connectivity index (χ3n) is 5.27. The second kappa shape index (κ2) is 7.58. The Kier molecular flexibility index (Phi) is 4.98. The number of fused-ring (bicyclic) bond motifs is 1. The minimum absolute atomic E-state index is 0.00185. The van der Waals surface area contributed by atoms with Crippen LogP contribution in [0.5, 0.6) is 0 Å². The fraction of sp³-hybridized carbons (Fsp3) is 0.429. The van der Waals surface area contributed by atoms with Crippen molar-refractivity contribution in [1.29, 1.82) is 0 Å². The van der Waals surface area contributed by atoms with Gasteiger partial charge >= 0.3 is 0 Å². The summed E-state index contributed by atoms with van der Waals surface area (Å²) in [6.07, 6.45) is 2.72. The second-order valence-corrected chi connectivity index (χ2v) is 7.56. The molecule has 4 rings (SSSR count). The van der Waals surface area contributed by atoms with Crippen LogP contribution in [0, 0.1) is 0 Å². The third kappa shape index (κ3) is 3.44. The molecule has 0 N–H and O–H groups in total. The van der Waals surface area contributed by atoms with E-state index in [1.807, 2.05) is 38.1 Å².